The number of nitrogens with one attached hydrogen (secondary N) is 1. The van der Waals surface area contributed by atoms with E-state index in [0.29, 0.717) is 16.6 Å². The second-order valence-electron chi connectivity index (χ2n) is 7.31. The summed E-state index contributed by atoms with van der Waals surface area (Å²) in [7, 11) is -3.56. The molecule has 1 amide bonds. The molecule has 2 rings (SSSR count). The molecule has 31 heavy (non-hydrogen) atoms. The third-order valence-corrected chi connectivity index (χ3v) is 7.54. The third-order valence-electron chi connectivity index (χ3n) is 4.89. The first-order chi connectivity index (χ1) is 14.9. The molecule has 0 aliphatic rings. The van der Waals surface area contributed by atoms with Gasteiger partial charge in [0.1, 0.15) is 0 Å². The van der Waals surface area contributed by atoms with Gasteiger partial charge in [0, 0.05) is 10.0 Å². The summed E-state index contributed by atoms with van der Waals surface area (Å²) in [4.78, 5) is 12.8. The lowest BCUT2D eigenvalue weighted by Crippen LogP contribution is -2.20. The number of aryl methyl sites for hydroxylation is 1. The zero-order valence-corrected chi connectivity index (χ0v) is 21.1. The first-order valence-electron chi connectivity index (χ1n) is 11.0. The molecule has 1 N–H and O–H groups in total. The Kier molecular flexibility index (Phi) is 11.0. The van der Waals surface area contributed by atoms with Gasteiger partial charge >= 0.3 is 7.60 Å². The average molecular weight is 510 g/mol. The fourth-order valence-electron chi connectivity index (χ4n) is 3.30. The molecule has 0 aliphatic heterocycles. The Morgan fingerprint density at radius 2 is 1.58 bits per heavy atom. The van der Waals surface area contributed by atoms with E-state index >= 15 is 0 Å². The van der Waals surface area contributed by atoms with Crippen LogP contribution in [0.5, 0.6) is 0 Å². The summed E-state index contributed by atoms with van der Waals surface area (Å²) in [5.74, 6) is -0.266. The molecule has 0 radical (unpaired) electrons. The maximum absolute atomic E-state index is 13.3. The highest BCUT2D eigenvalue weighted by Crippen LogP contribution is 2.49. The summed E-state index contributed by atoms with van der Waals surface area (Å²) in [6, 6.07) is 12.8. The largest absolute Gasteiger partial charge is 0.363 e. The van der Waals surface area contributed by atoms with Crippen molar-refractivity contribution >= 4 is 40.4 Å². The van der Waals surface area contributed by atoms with Crippen molar-refractivity contribution in [2.75, 3.05) is 18.5 Å². The van der Waals surface area contributed by atoms with E-state index in [1.165, 1.54) is 31.2 Å². The first-order valence-corrected chi connectivity index (χ1v) is 13.4. The lowest BCUT2D eigenvalue weighted by molar-refractivity contribution is 0.102. The lowest BCUT2D eigenvalue weighted by Gasteiger charge is -2.20. The van der Waals surface area contributed by atoms with Crippen molar-refractivity contribution in [1.82, 2.24) is 0 Å². The molecule has 0 bridgehead atoms. The Morgan fingerprint density at radius 3 is 2.19 bits per heavy atom. The predicted octanol–water partition coefficient (Wildman–Crippen LogP) is 7.11. The molecule has 2 aromatic carbocycles. The van der Waals surface area contributed by atoms with Gasteiger partial charge in [-0.25, -0.2) is 0 Å². The molecule has 0 fully saturated rings. The first kappa shape index (κ1) is 25.8. The summed E-state index contributed by atoms with van der Waals surface area (Å²) in [6.07, 6.45) is 7.24. The van der Waals surface area contributed by atoms with Crippen molar-refractivity contribution in [2.24, 2.45) is 0 Å². The van der Waals surface area contributed by atoms with Crippen LogP contribution < -0.4 is 10.6 Å². The van der Waals surface area contributed by atoms with Gasteiger partial charge in [0.15, 0.2) is 0 Å². The number of carbonyl (C=O) groups is 1. The van der Waals surface area contributed by atoms with Crippen LogP contribution in [-0.2, 0) is 20.0 Å². The Morgan fingerprint density at radius 1 is 0.935 bits per heavy atom. The molecule has 0 aromatic heterocycles. The summed E-state index contributed by atoms with van der Waals surface area (Å²) in [5.41, 5.74) is 2.19. The molecular weight excluding hydrogens is 477 g/mol. The predicted molar refractivity (Wildman–Crippen MR) is 131 cm³/mol. The Balaban J connectivity index is 2.12. The standard InChI is InChI=1S/C24H33BrNO4P/c1-4-7-8-9-10-11-19-12-14-20(15-13-19)24(27)26-22-17-16-21(25)18-23(22)31(28,29-5-2)30-6-3/h12-18H,4-11H2,1-3H3,(H,26,27). The summed E-state index contributed by atoms with van der Waals surface area (Å²) in [6.45, 7) is 6.20. The number of unbranched alkanes of at least 4 members (excludes halogenated alkanes) is 4. The van der Waals surface area contributed by atoms with Crippen LogP contribution in [0, 0.1) is 0 Å². The van der Waals surface area contributed by atoms with Gasteiger partial charge in [-0.15, -0.1) is 0 Å². The van der Waals surface area contributed by atoms with Gasteiger partial charge in [-0.3, -0.25) is 9.36 Å². The van der Waals surface area contributed by atoms with Crippen LogP contribution in [0.25, 0.3) is 0 Å². The van der Waals surface area contributed by atoms with E-state index in [-0.39, 0.29) is 19.1 Å². The Hall–Kier alpha value is -1.46. The lowest BCUT2D eigenvalue weighted by atomic mass is 10.0. The molecule has 2 aromatic rings. The molecule has 0 spiro atoms. The highest BCUT2D eigenvalue weighted by atomic mass is 79.9. The van der Waals surface area contributed by atoms with Crippen molar-refractivity contribution in [1.29, 1.82) is 0 Å². The number of rotatable bonds is 13. The average Bonchev–Trinajstić information content (AvgIpc) is 2.75. The molecule has 170 valence electrons. The maximum Gasteiger partial charge on any atom is 0.363 e. The Labute approximate surface area is 194 Å². The van der Waals surface area contributed by atoms with Gasteiger partial charge < -0.3 is 14.4 Å². The van der Waals surface area contributed by atoms with Crippen LogP contribution in [0.1, 0.15) is 68.8 Å². The van der Waals surface area contributed by atoms with Crippen LogP contribution in [-0.4, -0.2) is 19.1 Å². The van der Waals surface area contributed by atoms with Crippen molar-refractivity contribution in [2.45, 2.75) is 59.3 Å². The third kappa shape index (κ3) is 7.87. The minimum Gasteiger partial charge on any atom is -0.321 e. The number of anilines is 1. The number of carbonyl (C=O) groups excluding carboxylic acids is 1. The van der Waals surface area contributed by atoms with E-state index < -0.39 is 7.60 Å². The molecule has 0 saturated carbocycles. The molecule has 5 nitrogen and oxygen atoms in total. The van der Waals surface area contributed by atoms with Gasteiger partial charge in [-0.1, -0.05) is 60.7 Å². The van der Waals surface area contributed by atoms with E-state index in [4.69, 9.17) is 9.05 Å². The van der Waals surface area contributed by atoms with Crippen LogP contribution in [0.3, 0.4) is 0 Å². The van der Waals surface area contributed by atoms with Crippen molar-refractivity contribution < 1.29 is 18.4 Å². The summed E-state index contributed by atoms with van der Waals surface area (Å²) in [5, 5.41) is 3.21. The van der Waals surface area contributed by atoms with Crippen molar-refractivity contribution in [3.8, 4) is 0 Å². The van der Waals surface area contributed by atoms with E-state index in [1.807, 2.05) is 24.3 Å². The number of amides is 1. The quantitative estimate of drug-likeness (QED) is 0.231. The second-order valence-corrected chi connectivity index (χ2v) is 10.2. The molecule has 0 unspecified atom stereocenters. The smallest absolute Gasteiger partial charge is 0.321 e. The molecule has 0 aliphatic carbocycles. The van der Waals surface area contributed by atoms with Crippen LogP contribution >= 0.6 is 23.5 Å². The van der Waals surface area contributed by atoms with Crippen molar-refractivity contribution in [3.63, 3.8) is 0 Å². The fraction of sp³-hybridized carbons (Fsp3) is 0.458. The van der Waals surface area contributed by atoms with E-state index in [1.54, 1.807) is 32.0 Å². The summed E-state index contributed by atoms with van der Waals surface area (Å²) < 4.78 is 25.0. The van der Waals surface area contributed by atoms with Gasteiger partial charge in [0.25, 0.3) is 5.91 Å². The number of halogens is 1. The van der Waals surface area contributed by atoms with Gasteiger partial charge in [0.05, 0.1) is 24.2 Å². The second kappa shape index (κ2) is 13.2. The zero-order valence-electron chi connectivity index (χ0n) is 18.7. The van der Waals surface area contributed by atoms with Gasteiger partial charge in [0.2, 0.25) is 0 Å². The van der Waals surface area contributed by atoms with Crippen molar-refractivity contribution in [3.05, 3.63) is 58.1 Å². The van der Waals surface area contributed by atoms with E-state index in [0.717, 1.165) is 17.3 Å². The monoisotopic (exact) mass is 509 g/mol. The molecule has 7 heteroatoms. The number of hydrogen-bond acceptors (Lipinski definition) is 4. The highest BCUT2D eigenvalue weighted by Gasteiger charge is 2.30. The van der Waals surface area contributed by atoms with Crippen LogP contribution in [0.2, 0.25) is 0 Å². The van der Waals surface area contributed by atoms with Gasteiger partial charge in [-0.2, -0.15) is 0 Å². The maximum atomic E-state index is 13.3. The Bertz CT molecular complexity index is 876. The topological polar surface area (TPSA) is 64.6 Å². The van der Waals surface area contributed by atoms with Crippen LogP contribution in [0.4, 0.5) is 5.69 Å². The number of benzene rings is 2. The minimum atomic E-state index is -3.56. The number of hydrogen-bond donors (Lipinski definition) is 1. The SMILES string of the molecule is CCCCCCCc1ccc(C(=O)Nc2ccc(Br)cc2P(=O)(OCC)OCC)cc1. The van der Waals surface area contributed by atoms with E-state index in [2.05, 4.69) is 28.2 Å². The van der Waals surface area contributed by atoms with Gasteiger partial charge in [-0.05, 0) is 62.6 Å². The zero-order chi connectivity index (χ0) is 22.7. The highest BCUT2D eigenvalue weighted by molar-refractivity contribution is 9.10. The molecule has 0 heterocycles. The molecule has 0 atom stereocenters. The van der Waals surface area contributed by atoms with E-state index in [9.17, 15) is 9.36 Å². The normalized spacial score (nSPS) is 11.5. The molecule has 0 saturated heterocycles. The minimum absolute atomic E-state index is 0.233. The van der Waals surface area contributed by atoms with Crippen LogP contribution in [0.15, 0.2) is 46.9 Å². The fourth-order valence-corrected chi connectivity index (χ4v) is 5.60. The molecular formula is C24H33BrNO4P. The summed E-state index contributed by atoms with van der Waals surface area (Å²) >= 11 is 3.40.